The van der Waals surface area contributed by atoms with Crippen LogP contribution in [-0.4, -0.2) is 0 Å². The van der Waals surface area contributed by atoms with Gasteiger partial charge in [-0.25, -0.2) is 4.39 Å². The zero-order valence-electron chi connectivity index (χ0n) is 7.98. The van der Waals surface area contributed by atoms with Crippen LogP contribution in [0.4, 0.5) is 10.1 Å². The van der Waals surface area contributed by atoms with Gasteiger partial charge in [0.25, 0.3) is 0 Å². The molecule has 2 aromatic rings. The standard InChI is InChI=1S/C12H10FN.ClH/c13-11-8-4-7-10(12(11)14)9-5-2-1-3-6-9;/h1-8H,14H2;1H. The van der Waals surface area contributed by atoms with Crippen molar-refractivity contribution in [1.29, 1.82) is 0 Å². The summed E-state index contributed by atoms with van der Waals surface area (Å²) in [5.74, 6) is -0.369. The van der Waals surface area contributed by atoms with E-state index in [2.05, 4.69) is 0 Å². The second-order valence-corrected chi connectivity index (χ2v) is 3.07. The van der Waals surface area contributed by atoms with Crippen LogP contribution in [0.2, 0.25) is 0 Å². The van der Waals surface area contributed by atoms with E-state index in [4.69, 9.17) is 5.73 Å². The highest BCUT2D eigenvalue weighted by Gasteiger charge is 2.05. The quantitative estimate of drug-likeness (QED) is 0.736. The zero-order valence-corrected chi connectivity index (χ0v) is 8.80. The van der Waals surface area contributed by atoms with E-state index < -0.39 is 0 Å². The van der Waals surface area contributed by atoms with Crippen LogP contribution < -0.4 is 5.73 Å². The van der Waals surface area contributed by atoms with Gasteiger partial charge in [0.15, 0.2) is 0 Å². The molecule has 78 valence electrons. The van der Waals surface area contributed by atoms with Gasteiger partial charge in [-0.3, -0.25) is 0 Å². The summed E-state index contributed by atoms with van der Waals surface area (Å²) in [5, 5.41) is 0. The molecule has 0 amide bonds. The Balaban J connectivity index is 0.00000112. The molecule has 2 aromatic carbocycles. The Morgan fingerprint density at radius 3 is 2.20 bits per heavy atom. The van der Waals surface area contributed by atoms with E-state index in [-0.39, 0.29) is 23.9 Å². The van der Waals surface area contributed by atoms with Crippen LogP contribution in [0.1, 0.15) is 0 Å². The summed E-state index contributed by atoms with van der Waals surface area (Å²) < 4.78 is 13.1. The topological polar surface area (TPSA) is 26.0 Å². The molecule has 0 spiro atoms. The van der Waals surface area contributed by atoms with Gasteiger partial charge in [0.05, 0.1) is 5.69 Å². The number of rotatable bonds is 1. The molecule has 0 aliphatic rings. The van der Waals surface area contributed by atoms with Crippen molar-refractivity contribution in [3.63, 3.8) is 0 Å². The second kappa shape index (κ2) is 4.80. The summed E-state index contributed by atoms with van der Waals surface area (Å²) in [7, 11) is 0. The average molecular weight is 224 g/mol. The summed E-state index contributed by atoms with van der Waals surface area (Å²) in [6, 6.07) is 14.4. The first-order valence-corrected chi connectivity index (χ1v) is 4.38. The summed E-state index contributed by atoms with van der Waals surface area (Å²) in [4.78, 5) is 0. The van der Waals surface area contributed by atoms with Gasteiger partial charge >= 0.3 is 0 Å². The summed E-state index contributed by atoms with van der Waals surface area (Å²) in [6.07, 6.45) is 0. The van der Waals surface area contributed by atoms with Gasteiger partial charge in [-0.15, -0.1) is 12.4 Å². The van der Waals surface area contributed by atoms with Crippen LogP contribution in [0, 0.1) is 5.82 Å². The predicted molar refractivity (Wildman–Crippen MR) is 63.5 cm³/mol. The fraction of sp³-hybridized carbons (Fsp3) is 0. The molecule has 0 heterocycles. The SMILES string of the molecule is Cl.Nc1c(F)cccc1-c1ccccc1. The average Bonchev–Trinajstić information content (AvgIpc) is 2.23. The van der Waals surface area contributed by atoms with Crippen LogP contribution in [0.25, 0.3) is 11.1 Å². The minimum absolute atomic E-state index is 0. The van der Waals surface area contributed by atoms with E-state index in [9.17, 15) is 4.39 Å². The molecule has 0 unspecified atom stereocenters. The maximum atomic E-state index is 13.1. The van der Waals surface area contributed by atoms with Crippen LogP contribution >= 0.6 is 12.4 Å². The van der Waals surface area contributed by atoms with Crippen LogP contribution in [0.5, 0.6) is 0 Å². The van der Waals surface area contributed by atoms with Crippen LogP contribution in [0.15, 0.2) is 48.5 Å². The first-order valence-electron chi connectivity index (χ1n) is 4.38. The fourth-order valence-electron chi connectivity index (χ4n) is 1.41. The Kier molecular flexibility index (Phi) is 3.69. The van der Waals surface area contributed by atoms with Crippen molar-refractivity contribution in [1.82, 2.24) is 0 Å². The van der Waals surface area contributed by atoms with E-state index >= 15 is 0 Å². The first-order chi connectivity index (χ1) is 6.79. The number of halogens is 2. The molecule has 0 atom stereocenters. The molecule has 15 heavy (non-hydrogen) atoms. The lowest BCUT2D eigenvalue weighted by atomic mass is 10.0. The number of nitrogen functional groups attached to an aromatic ring is 1. The van der Waals surface area contributed by atoms with E-state index in [1.807, 2.05) is 36.4 Å². The smallest absolute Gasteiger partial charge is 0.146 e. The molecule has 1 nitrogen and oxygen atoms in total. The highest BCUT2D eigenvalue weighted by molar-refractivity contribution is 5.85. The largest absolute Gasteiger partial charge is 0.396 e. The normalized spacial score (nSPS) is 9.40. The molecule has 2 N–H and O–H groups in total. The fourth-order valence-corrected chi connectivity index (χ4v) is 1.41. The van der Waals surface area contributed by atoms with Crippen molar-refractivity contribution in [2.24, 2.45) is 0 Å². The van der Waals surface area contributed by atoms with Crippen LogP contribution in [-0.2, 0) is 0 Å². The number of benzene rings is 2. The van der Waals surface area contributed by atoms with Gasteiger partial charge in [-0.1, -0.05) is 42.5 Å². The van der Waals surface area contributed by atoms with Crippen molar-refractivity contribution in [3.8, 4) is 11.1 Å². The Morgan fingerprint density at radius 1 is 0.867 bits per heavy atom. The van der Waals surface area contributed by atoms with E-state index in [1.54, 1.807) is 6.07 Å². The van der Waals surface area contributed by atoms with E-state index in [1.165, 1.54) is 6.07 Å². The predicted octanol–water partition coefficient (Wildman–Crippen LogP) is 3.50. The molecule has 0 aliphatic carbocycles. The van der Waals surface area contributed by atoms with E-state index in [0.717, 1.165) is 11.1 Å². The third-order valence-corrected chi connectivity index (χ3v) is 2.14. The van der Waals surface area contributed by atoms with Crippen molar-refractivity contribution < 1.29 is 4.39 Å². The lowest BCUT2D eigenvalue weighted by Gasteiger charge is -2.05. The number of hydrogen-bond acceptors (Lipinski definition) is 1. The third kappa shape index (κ3) is 2.28. The van der Waals surface area contributed by atoms with Gasteiger partial charge < -0.3 is 5.73 Å². The van der Waals surface area contributed by atoms with Gasteiger partial charge in [-0.05, 0) is 11.6 Å². The molecule has 2 rings (SSSR count). The molecule has 0 aromatic heterocycles. The number of para-hydroxylation sites is 1. The molecule has 0 radical (unpaired) electrons. The Labute approximate surface area is 94.1 Å². The van der Waals surface area contributed by atoms with Crippen LogP contribution in [0.3, 0.4) is 0 Å². The van der Waals surface area contributed by atoms with E-state index in [0.29, 0.717) is 0 Å². The maximum absolute atomic E-state index is 13.1. The highest BCUT2D eigenvalue weighted by atomic mass is 35.5. The molecular weight excluding hydrogens is 213 g/mol. The molecule has 0 saturated heterocycles. The number of anilines is 1. The summed E-state index contributed by atoms with van der Waals surface area (Å²) >= 11 is 0. The van der Waals surface area contributed by atoms with Crippen molar-refractivity contribution in [3.05, 3.63) is 54.3 Å². The lowest BCUT2D eigenvalue weighted by molar-refractivity contribution is 0.633. The molecule has 0 saturated carbocycles. The number of nitrogens with two attached hydrogens (primary N) is 1. The molecule has 3 heteroatoms. The number of hydrogen-bond donors (Lipinski definition) is 1. The monoisotopic (exact) mass is 223 g/mol. The summed E-state index contributed by atoms with van der Waals surface area (Å²) in [6.45, 7) is 0. The van der Waals surface area contributed by atoms with Gasteiger partial charge in [0.2, 0.25) is 0 Å². The van der Waals surface area contributed by atoms with Crippen molar-refractivity contribution in [2.45, 2.75) is 0 Å². The third-order valence-electron chi connectivity index (χ3n) is 2.14. The van der Waals surface area contributed by atoms with Gasteiger partial charge in [-0.2, -0.15) is 0 Å². The second-order valence-electron chi connectivity index (χ2n) is 3.07. The molecule has 0 aliphatic heterocycles. The molecule has 0 bridgehead atoms. The Hall–Kier alpha value is -1.54. The van der Waals surface area contributed by atoms with Crippen molar-refractivity contribution >= 4 is 18.1 Å². The Bertz CT molecular complexity index is 443. The first kappa shape index (κ1) is 11.5. The van der Waals surface area contributed by atoms with Gasteiger partial charge in [0, 0.05) is 5.56 Å². The highest BCUT2D eigenvalue weighted by Crippen LogP contribution is 2.27. The maximum Gasteiger partial charge on any atom is 0.146 e. The minimum atomic E-state index is -0.369. The lowest BCUT2D eigenvalue weighted by Crippen LogP contribution is -1.93. The van der Waals surface area contributed by atoms with Crippen molar-refractivity contribution in [2.75, 3.05) is 5.73 Å². The zero-order chi connectivity index (χ0) is 9.97. The molecule has 0 fully saturated rings. The summed E-state index contributed by atoms with van der Waals surface area (Å²) in [5.41, 5.74) is 7.52. The Morgan fingerprint density at radius 2 is 1.53 bits per heavy atom. The minimum Gasteiger partial charge on any atom is -0.396 e. The van der Waals surface area contributed by atoms with Gasteiger partial charge in [0.1, 0.15) is 5.82 Å². The molecular formula is C12H11ClFN.